The van der Waals surface area contributed by atoms with Crippen LogP contribution in [0.3, 0.4) is 0 Å². The van der Waals surface area contributed by atoms with Gasteiger partial charge in [0.2, 0.25) is 0 Å². The average molecular weight is 295 g/mol. The van der Waals surface area contributed by atoms with E-state index in [1.807, 2.05) is 5.38 Å². The third-order valence-corrected chi connectivity index (χ3v) is 4.68. The number of aliphatic hydroxyl groups excluding tert-OH is 2. The minimum Gasteiger partial charge on any atom is -0.394 e. The van der Waals surface area contributed by atoms with E-state index in [0.29, 0.717) is 5.75 Å². The number of aryl methyl sites for hydroxylation is 1. The molecule has 0 saturated carbocycles. The summed E-state index contributed by atoms with van der Waals surface area (Å²) < 4.78 is 0. The van der Waals surface area contributed by atoms with Gasteiger partial charge in [-0.3, -0.25) is 0 Å². The van der Waals surface area contributed by atoms with Crippen LogP contribution in [0, 0.1) is 6.92 Å². The quantitative estimate of drug-likeness (QED) is 0.860. The summed E-state index contributed by atoms with van der Waals surface area (Å²) in [6.45, 7) is 1.89. The van der Waals surface area contributed by atoms with Gasteiger partial charge in [-0.1, -0.05) is 29.8 Å². The Hall–Kier alpha value is -0.880. The maximum Gasteiger partial charge on any atom is 0.123 e. The monoisotopic (exact) mass is 295 g/mol. The molecule has 1 aromatic heterocycles. The fourth-order valence-electron chi connectivity index (χ4n) is 1.55. The molecular formula is C14H17NO2S2. The van der Waals surface area contributed by atoms with Crippen molar-refractivity contribution in [2.45, 2.75) is 18.8 Å². The Morgan fingerprint density at radius 3 is 2.74 bits per heavy atom. The highest BCUT2D eigenvalue weighted by Gasteiger charge is 2.06. The van der Waals surface area contributed by atoms with Crippen LogP contribution in [-0.4, -0.2) is 33.7 Å². The first-order valence-electron chi connectivity index (χ1n) is 6.07. The van der Waals surface area contributed by atoms with Crippen LogP contribution in [0.2, 0.25) is 0 Å². The van der Waals surface area contributed by atoms with Gasteiger partial charge < -0.3 is 10.2 Å². The van der Waals surface area contributed by atoms with Gasteiger partial charge in [0.15, 0.2) is 0 Å². The van der Waals surface area contributed by atoms with Crippen LogP contribution >= 0.6 is 23.1 Å². The lowest BCUT2D eigenvalue weighted by molar-refractivity contribution is 0.113. The van der Waals surface area contributed by atoms with Gasteiger partial charge >= 0.3 is 0 Å². The van der Waals surface area contributed by atoms with Crippen LogP contribution in [0.25, 0.3) is 10.6 Å². The van der Waals surface area contributed by atoms with Crippen LogP contribution in [0.15, 0.2) is 29.6 Å². The maximum absolute atomic E-state index is 9.26. The van der Waals surface area contributed by atoms with E-state index in [2.05, 4.69) is 36.2 Å². The summed E-state index contributed by atoms with van der Waals surface area (Å²) in [5.74, 6) is 1.30. The molecule has 0 aliphatic heterocycles. The number of thiazole rings is 1. The zero-order valence-corrected chi connectivity index (χ0v) is 12.4. The number of rotatable bonds is 6. The highest BCUT2D eigenvalue weighted by molar-refractivity contribution is 7.98. The number of aromatic nitrogens is 1. The van der Waals surface area contributed by atoms with Gasteiger partial charge in [0, 0.05) is 22.4 Å². The van der Waals surface area contributed by atoms with Gasteiger partial charge in [0.1, 0.15) is 5.01 Å². The lowest BCUT2D eigenvalue weighted by Crippen LogP contribution is -2.14. The molecule has 1 unspecified atom stereocenters. The molecule has 0 bridgehead atoms. The highest BCUT2D eigenvalue weighted by Crippen LogP contribution is 2.25. The van der Waals surface area contributed by atoms with Crippen molar-refractivity contribution in [1.82, 2.24) is 4.98 Å². The Balaban J connectivity index is 1.93. The van der Waals surface area contributed by atoms with E-state index >= 15 is 0 Å². The summed E-state index contributed by atoms with van der Waals surface area (Å²) in [5, 5.41) is 21.1. The predicted octanol–water partition coefficient (Wildman–Crippen LogP) is 2.70. The topological polar surface area (TPSA) is 53.4 Å². The summed E-state index contributed by atoms with van der Waals surface area (Å²) in [6, 6.07) is 8.34. The van der Waals surface area contributed by atoms with Gasteiger partial charge in [-0.15, -0.1) is 11.3 Å². The van der Waals surface area contributed by atoms with E-state index in [1.165, 1.54) is 5.56 Å². The van der Waals surface area contributed by atoms with Crippen molar-refractivity contribution in [3.8, 4) is 10.6 Å². The normalized spacial score (nSPS) is 12.6. The molecule has 0 aliphatic rings. The fraction of sp³-hybridized carbons (Fsp3) is 0.357. The molecule has 0 radical (unpaired) electrons. The van der Waals surface area contributed by atoms with Gasteiger partial charge in [0.25, 0.3) is 0 Å². The fourth-order valence-corrected chi connectivity index (χ4v) is 3.34. The minimum atomic E-state index is -0.639. The number of hydrogen-bond acceptors (Lipinski definition) is 5. The number of aliphatic hydroxyl groups is 2. The smallest absolute Gasteiger partial charge is 0.123 e. The third kappa shape index (κ3) is 4.31. The lowest BCUT2D eigenvalue weighted by Gasteiger charge is -2.04. The maximum atomic E-state index is 9.26. The SMILES string of the molecule is Cc1ccc(-c2nc(CSCC(O)CO)cs2)cc1. The second-order valence-electron chi connectivity index (χ2n) is 4.36. The van der Waals surface area contributed by atoms with Gasteiger partial charge in [-0.25, -0.2) is 4.98 Å². The van der Waals surface area contributed by atoms with Crippen LogP contribution in [0.1, 0.15) is 11.3 Å². The number of benzene rings is 1. The second-order valence-corrected chi connectivity index (χ2v) is 6.25. The number of hydrogen-bond donors (Lipinski definition) is 2. The van der Waals surface area contributed by atoms with E-state index in [-0.39, 0.29) is 6.61 Å². The molecule has 102 valence electrons. The Morgan fingerprint density at radius 2 is 2.05 bits per heavy atom. The Bertz CT molecular complexity index is 510. The Labute approximate surface area is 121 Å². The zero-order chi connectivity index (χ0) is 13.7. The molecule has 0 amide bonds. The van der Waals surface area contributed by atoms with Crippen LogP contribution in [0.4, 0.5) is 0 Å². The van der Waals surface area contributed by atoms with Crippen LogP contribution < -0.4 is 0 Å². The molecule has 3 nitrogen and oxygen atoms in total. The Morgan fingerprint density at radius 1 is 1.32 bits per heavy atom. The summed E-state index contributed by atoms with van der Waals surface area (Å²) >= 11 is 3.22. The first-order valence-corrected chi connectivity index (χ1v) is 8.10. The molecule has 2 rings (SSSR count). The highest BCUT2D eigenvalue weighted by atomic mass is 32.2. The number of thioether (sulfide) groups is 1. The van der Waals surface area contributed by atoms with E-state index in [1.54, 1.807) is 23.1 Å². The zero-order valence-electron chi connectivity index (χ0n) is 10.7. The summed E-state index contributed by atoms with van der Waals surface area (Å²) in [6.07, 6.45) is -0.639. The van der Waals surface area contributed by atoms with E-state index in [0.717, 1.165) is 22.0 Å². The van der Waals surface area contributed by atoms with E-state index in [9.17, 15) is 5.11 Å². The van der Waals surface area contributed by atoms with Crippen LogP contribution in [-0.2, 0) is 5.75 Å². The third-order valence-electron chi connectivity index (χ3n) is 2.62. The predicted molar refractivity (Wildman–Crippen MR) is 81.5 cm³/mol. The van der Waals surface area contributed by atoms with Crippen molar-refractivity contribution in [2.24, 2.45) is 0 Å². The van der Waals surface area contributed by atoms with E-state index in [4.69, 9.17) is 5.11 Å². The molecular weight excluding hydrogens is 278 g/mol. The van der Waals surface area contributed by atoms with Crippen molar-refractivity contribution in [3.05, 3.63) is 40.9 Å². The van der Waals surface area contributed by atoms with E-state index < -0.39 is 6.10 Å². The van der Waals surface area contributed by atoms with Gasteiger partial charge in [-0.05, 0) is 6.92 Å². The van der Waals surface area contributed by atoms with Gasteiger partial charge in [0.05, 0.1) is 18.4 Å². The minimum absolute atomic E-state index is 0.182. The molecule has 0 aliphatic carbocycles. The molecule has 2 aromatic rings. The molecule has 2 N–H and O–H groups in total. The molecule has 0 fully saturated rings. The molecule has 1 aromatic carbocycles. The first kappa shape index (κ1) is 14.5. The summed E-state index contributed by atoms with van der Waals surface area (Å²) in [7, 11) is 0. The molecule has 1 heterocycles. The Kier molecular flexibility index (Phi) is 5.39. The molecule has 5 heteroatoms. The van der Waals surface area contributed by atoms with Crippen molar-refractivity contribution in [3.63, 3.8) is 0 Å². The van der Waals surface area contributed by atoms with Crippen molar-refractivity contribution in [1.29, 1.82) is 0 Å². The molecule has 0 spiro atoms. The number of nitrogens with zero attached hydrogens (tertiary/aromatic N) is 1. The first-order chi connectivity index (χ1) is 9.19. The largest absolute Gasteiger partial charge is 0.394 e. The standard InChI is InChI=1S/C14H17NO2S2/c1-10-2-4-11(5-3-10)14-15-12(8-19-14)7-18-9-13(17)6-16/h2-5,8,13,16-17H,6-7,9H2,1H3. The van der Waals surface area contributed by atoms with Crippen molar-refractivity contribution >= 4 is 23.1 Å². The van der Waals surface area contributed by atoms with Crippen molar-refractivity contribution in [2.75, 3.05) is 12.4 Å². The molecule has 1 atom stereocenters. The second kappa shape index (κ2) is 7.05. The van der Waals surface area contributed by atoms with Crippen molar-refractivity contribution < 1.29 is 10.2 Å². The average Bonchev–Trinajstić information content (AvgIpc) is 2.88. The molecule has 19 heavy (non-hydrogen) atoms. The molecule has 0 saturated heterocycles. The summed E-state index contributed by atoms with van der Waals surface area (Å²) in [5.41, 5.74) is 3.41. The van der Waals surface area contributed by atoms with Crippen LogP contribution in [0.5, 0.6) is 0 Å². The van der Waals surface area contributed by atoms with Gasteiger partial charge in [-0.2, -0.15) is 11.8 Å². The lowest BCUT2D eigenvalue weighted by atomic mass is 10.2. The summed E-state index contributed by atoms with van der Waals surface area (Å²) in [4.78, 5) is 4.59.